The Bertz CT molecular complexity index is 509. The highest BCUT2D eigenvalue weighted by Gasteiger charge is 2.13. The van der Waals surface area contributed by atoms with E-state index in [1.807, 2.05) is 18.2 Å². The smallest absolute Gasteiger partial charge is 0.0931 e. The van der Waals surface area contributed by atoms with Crippen molar-refractivity contribution in [2.75, 3.05) is 0 Å². The predicted molar refractivity (Wildman–Crippen MR) is 74.2 cm³/mol. The van der Waals surface area contributed by atoms with E-state index in [0.717, 1.165) is 19.2 Å². The van der Waals surface area contributed by atoms with Crippen LogP contribution in [0.15, 0.2) is 34.8 Å². The molecule has 0 radical (unpaired) electrons. The zero-order valence-corrected chi connectivity index (χ0v) is 11.9. The number of halogens is 2. The SMILES string of the molecule is Cc1ccc(Br)cc1C(N)c1ccc(Cl)s1. The van der Waals surface area contributed by atoms with Gasteiger partial charge < -0.3 is 5.73 Å². The Balaban J connectivity index is 2.40. The van der Waals surface area contributed by atoms with Crippen LogP contribution in [-0.2, 0) is 0 Å². The van der Waals surface area contributed by atoms with Gasteiger partial charge in [0, 0.05) is 9.35 Å². The van der Waals surface area contributed by atoms with Crippen LogP contribution >= 0.6 is 38.9 Å². The summed E-state index contributed by atoms with van der Waals surface area (Å²) in [5.41, 5.74) is 8.56. The van der Waals surface area contributed by atoms with Crippen molar-refractivity contribution in [2.45, 2.75) is 13.0 Å². The average molecular weight is 317 g/mol. The van der Waals surface area contributed by atoms with Crippen LogP contribution in [0.25, 0.3) is 0 Å². The Morgan fingerprint density at radius 1 is 1.31 bits per heavy atom. The van der Waals surface area contributed by atoms with Crippen molar-refractivity contribution in [1.29, 1.82) is 0 Å². The third-order valence-electron chi connectivity index (χ3n) is 2.48. The van der Waals surface area contributed by atoms with Crippen LogP contribution in [-0.4, -0.2) is 0 Å². The van der Waals surface area contributed by atoms with Gasteiger partial charge in [-0.05, 0) is 42.3 Å². The van der Waals surface area contributed by atoms with Crippen molar-refractivity contribution < 1.29 is 0 Å². The van der Waals surface area contributed by atoms with Crippen molar-refractivity contribution in [3.05, 3.63) is 55.1 Å². The van der Waals surface area contributed by atoms with Gasteiger partial charge in [-0.15, -0.1) is 11.3 Å². The fourth-order valence-corrected chi connectivity index (χ4v) is 3.06. The second kappa shape index (κ2) is 4.88. The Labute approximate surface area is 112 Å². The Morgan fingerprint density at radius 3 is 2.69 bits per heavy atom. The summed E-state index contributed by atoms with van der Waals surface area (Å²) >= 11 is 10.9. The number of thiophene rings is 1. The first-order chi connectivity index (χ1) is 7.58. The molecule has 1 aromatic heterocycles. The van der Waals surface area contributed by atoms with Gasteiger partial charge in [0.2, 0.25) is 0 Å². The first-order valence-corrected chi connectivity index (χ1v) is 6.83. The fourth-order valence-electron chi connectivity index (χ4n) is 1.60. The van der Waals surface area contributed by atoms with Crippen LogP contribution in [0.3, 0.4) is 0 Å². The Kier molecular flexibility index (Phi) is 3.70. The van der Waals surface area contributed by atoms with Crippen molar-refractivity contribution in [2.24, 2.45) is 5.73 Å². The van der Waals surface area contributed by atoms with E-state index >= 15 is 0 Å². The molecule has 0 amide bonds. The molecule has 1 atom stereocenters. The van der Waals surface area contributed by atoms with Gasteiger partial charge in [0.1, 0.15) is 0 Å². The third kappa shape index (κ3) is 2.48. The monoisotopic (exact) mass is 315 g/mol. The van der Waals surface area contributed by atoms with Crippen LogP contribution in [0.1, 0.15) is 22.0 Å². The lowest BCUT2D eigenvalue weighted by atomic mass is 10.0. The maximum atomic E-state index is 6.23. The zero-order valence-electron chi connectivity index (χ0n) is 8.71. The minimum absolute atomic E-state index is 0.102. The molecule has 0 fully saturated rings. The molecule has 2 aromatic rings. The summed E-state index contributed by atoms with van der Waals surface area (Å²) in [6, 6.07) is 9.91. The summed E-state index contributed by atoms with van der Waals surface area (Å²) in [6.45, 7) is 2.07. The van der Waals surface area contributed by atoms with Gasteiger partial charge in [-0.2, -0.15) is 0 Å². The number of aryl methyl sites for hydroxylation is 1. The summed E-state index contributed by atoms with van der Waals surface area (Å²) in [6.07, 6.45) is 0. The Morgan fingerprint density at radius 2 is 2.06 bits per heavy atom. The van der Waals surface area contributed by atoms with E-state index in [1.165, 1.54) is 16.9 Å². The summed E-state index contributed by atoms with van der Waals surface area (Å²) < 4.78 is 1.82. The van der Waals surface area contributed by atoms with Gasteiger partial charge >= 0.3 is 0 Å². The molecule has 4 heteroatoms. The first-order valence-electron chi connectivity index (χ1n) is 4.85. The van der Waals surface area contributed by atoms with Gasteiger partial charge in [-0.1, -0.05) is 33.6 Å². The molecule has 0 aliphatic rings. The van der Waals surface area contributed by atoms with Gasteiger partial charge in [0.25, 0.3) is 0 Å². The lowest BCUT2D eigenvalue weighted by molar-refractivity contribution is 0.881. The molecule has 2 N–H and O–H groups in total. The molecule has 1 aromatic carbocycles. The highest BCUT2D eigenvalue weighted by atomic mass is 79.9. The predicted octanol–water partition coefficient (Wildman–Crippen LogP) is 4.52. The summed E-state index contributed by atoms with van der Waals surface area (Å²) in [5.74, 6) is 0. The van der Waals surface area contributed by atoms with E-state index in [9.17, 15) is 0 Å². The lowest BCUT2D eigenvalue weighted by Crippen LogP contribution is -2.11. The van der Waals surface area contributed by atoms with Gasteiger partial charge in [0.05, 0.1) is 10.4 Å². The first kappa shape index (κ1) is 12.1. The van der Waals surface area contributed by atoms with Crippen LogP contribution in [0.2, 0.25) is 4.34 Å². The molecule has 1 nitrogen and oxygen atoms in total. The Hall–Kier alpha value is -0.350. The molecule has 0 aliphatic carbocycles. The molecule has 0 saturated heterocycles. The van der Waals surface area contributed by atoms with E-state index in [0.29, 0.717) is 0 Å². The van der Waals surface area contributed by atoms with Gasteiger partial charge in [-0.25, -0.2) is 0 Å². The minimum atomic E-state index is -0.102. The topological polar surface area (TPSA) is 26.0 Å². The molecule has 0 bridgehead atoms. The second-order valence-corrected chi connectivity index (χ2v) is 6.28. The molecular weight excluding hydrogens is 306 g/mol. The summed E-state index contributed by atoms with van der Waals surface area (Å²) in [5, 5.41) is 0. The highest BCUT2D eigenvalue weighted by Crippen LogP contribution is 2.31. The van der Waals surface area contributed by atoms with Crippen molar-refractivity contribution in [3.8, 4) is 0 Å². The van der Waals surface area contributed by atoms with Gasteiger partial charge in [-0.3, -0.25) is 0 Å². The maximum Gasteiger partial charge on any atom is 0.0931 e. The van der Waals surface area contributed by atoms with Gasteiger partial charge in [0.15, 0.2) is 0 Å². The van der Waals surface area contributed by atoms with Crippen molar-refractivity contribution in [3.63, 3.8) is 0 Å². The van der Waals surface area contributed by atoms with Crippen LogP contribution in [0, 0.1) is 6.92 Å². The number of benzene rings is 1. The van der Waals surface area contributed by atoms with E-state index in [1.54, 1.807) is 0 Å². The molecular formula is C12H11BrClNS. The standard InChI is InChI=1S/C12H11BrClNS/c1-7-2-3-8(13)6-9(7)12(15)10-4-5-11(14)16-10/h2-6,12H,15H2,1H3. The normalized spacial score (nSPS) is 12.8. The van der Waals surface area contributed by atoms with E-state index in [4.69, 9.17) is 17.3 Å². The number of rotatable bonds is 2. The van der Waals surface area contributed by atoms with E-state index in [2.05, 4.69) is 35.0 Å². The second-order valence-electron chi connectivity index (χ2n) is 3.62. The number of nitrogens with two attached hydrogens (primary N) is 1. The molecule has 1 heterocycles. The van der Waals surface area contributed by atoms with E-state index < -0.39 is 0 Å². The van der Waals surface area contributed by atoms with E-state index in [-0.39, 0.29) is 6.04 Å². The average Bonchev–Trinajstić information content (AvgIpc) is 2.67. The number of hydrogen-bond donors (Lipinski definition) is 1. The third-order valence-corrected chi connectivity index (χ3v) is 4.28. The lowest BCUT2D eigenvalue weighted by Gasteiger charge is -2.13. The summed E-state index contributed by atoms with van der Waals surface area (Å²) in [4.78, 5) is 1.09. The quantitative estimate of drug-likeness (QED) is 0.866. The van der Waals surface area contributed by atoms with Crippen LogP contribution < -0.4 is 5.73 Å². The zero-order chi connectivity index (χ0) is 11.7. The molecule has 0 aliphatic heterocycles. The molecule has 16 heavy (non-hydrogen) atoms. The number of hydrogen-bond acceptors (Lipinski definition) is 2. The van der Waals surface area contributed by atoms with Crippen LogP contribution in [0.5, 0.6) is 0 Å². The molecule has 0 spiro atoms. The maximum absolute atomic E-state index is 6.23. The molecule has 84 valence electrons. The molecule has 2 rings (SSSR count). The minimum Gasteiger partial charge on any atom is -0.320 e. The van der Waals surface area contributed by atoms with Crippen LogP contribution in [0.4, 0.5) is 0 Å². The van der Waals surface area contributed by atoms with Crippen molar-refractivity contribution in [1.82, 2.24) is 0 Å². The fraction of sp³-hybridized carbons (Fsp3) is 0.167. The highest BCUT2D eigenvalue weighted by molar-refractivity contribution is 9.10. The molecule has 0 saturated carbocycles. The van der Waals surface area contributed by atoms with Crippen molar-refractivity contribution >= 4 is 38.9 Å². The molecule has 1 unspecified atom stereocenters. The largest absolute Gasteiger partial charge is 0.320 e. The summed E-state index contributed by atoms with van der Waals surface area (Å²) in [7, 11) is 0.